The Balaban J connectivity index is 1.87. The summed E-state index contributed by atoms with van der Waals surface area (Å²) in [7, 11) is 0. The molecular weight excluding hydrogens is 369 g/mol. The Morgan fingerprint density at radius 1 is 1.30 bits per heavy atom. The van der Waals surface area contributed by atoms with Crippen LogP contribution < -0.4 is 15.2 Å². The maximum Gasteiger partial charge on any atom is 0.161 e. The minimum absolute atomic E-state index is 0.631. The van der Waals surface area contributed by atoms with Crippen LogP contribution in [0.5, 0.6) is 11.5 Å². The molecule has 0 bridgehead atoms. The van der Waals surface area contributed by atoms with Crippen molar-refractivity contribution in [3.05, 3.63) is 33.0 Å². The number of nitrogens with zero attached hydrogens (tertiary/aromatic N) is 2. The molecule has 1 aliphatic heterocycles. The van der Waals surface area contributed by atoms with Crippen LogP contribution in [0, 0.1) is 10.5 Å². The summed E-state index contributed by atoms with van der Waals surface area (Å²) in [6.45, 7) is 3.99. The Bertz CT molecular complexity index is 640. The van der Waals surface area contributed by atoms with Crippen LogP contribution in [-0.2, 0) is 6.54 Å². The average Bonchev–Trinajstić information content (AvgIpc) is 2.64. The first-order chi connectivity index (χ1) is 9.65. The van der Waals surface area contributed by atoms with E-state index in [1.54, 1.807) is 0 Å². The molecule has 3 rings (SSSR count). The maximum absolute atomic E-state index is 6.05. The highest BCUT2D eigenvalue weighted by Gasteiger charge is 2.13. The Hall–Kier alpha value is -1.44. The van der Waals surface area contributed by atoms with Crippen molar-refractivity contribution in [3.63, 3.8) is 0 Å². The fourth-order valence-electron chi connectivity index (χ4n) is 2.18. The molecule has 2 N–H and O–H groups in total. The number of hydrogen-bond acceptors (Lipinski definition) is 4. The molecule has 106 valence electrons. The predicted octanol–water partition coefficient (Wildman–Crippen LogP) is 2.59. The number of benzene rings is 1. The molecule has 0 saturated carbocycles. The maximum atomic E-state index is 6.05. The predicted molar refractivity (Wildman–Crippen MR) is 85.2 cm³/mol. The zero-order valence-electron chi connectivity index (χ0n) is 11.2. The van der Waals surface area contributed by atoms with E-state index in [2.05, 4.69) is 27.7 Å². The Morgan fingerprint density at radius 2 is 2.05 bits per heavy atom. The summed E-state index contributed by atoms with van der Waals surface area (Å²) < 4.78 is 14.2. The average molecular weight is 385 g/mol. The van der Waals surface area contributed by atoms with E-state index in [4.69, 9.17) is 15.2 Å². The van der Waals surface area contributed by atoms with Gasteiger partial charge in [0.15, 0.2) is 11.5 Å². The molecule has 5 nitrogen and oxygen atoms in total. The molecule has 6 heteroatoms. The summed E-state index contributed by atoms with van der Waals surface area (Å²) in [5.41, 5.74) is 8.10. The van der Waals surface area contributed by atoms with Gasteiger partial charge in [-0.3, -0.25) is 0 Å². The number of nitrogen functional groups attached to an aromatic ring is 1. The number of aryl methyl sites for hydroxylation is 1. The molecule has 1 aliphatic rings. The molecule has 0 aliphatic carbocycles. The molecule has 0 unspecified atom stereocenters. The second-order valence-electron chi connectivity index (χ2n) is 4.77. The van der Waals surface area contributed by atoms with E-state index >= 15 is 0 Å². The van der Waals surface area contributed by atoms with Gasteiger partial charge in [0.25, 0.3) is 0 Å². The Labute approximate surface area is 131 Å². The van der Waals surface area contributed by atoms with E-state index < -0.39 is 0 Å². The van der Waals surface area contributed by atoms with E-state index in [0.29, 0.717) is 25.6 Å². The van der Waals surface area contributed by atoms with E-state index in [1.165, 1.54) is 0 Å². The largest absolute Gasteiger partial charge is 0.490 e. The van der Waals surface area contributed by atoms with Crippen LogP contribution >= 0.6 is 22.6 Å². The monoisotopic (exact) mass is 385 g/mol. The van der Waals surface area contributed by atoms with Crippen molar-refractivity contribution in [2.45, 2.75) is 19.9 Å². The van der Waals surface area contributed by atoms with E-state index in [0.717, 1.165) is 32.7 Å². The summed E-state index contributed by atoms with van der Waals surface area (Å²) in [5, 5.41) is 4.45. The zero-order valence-corrected chi connectivity index (χ0v) is 13.4. The van der Waals surface area contributed by atoms with Gasteiger partial charge < -0.3 is 15.2 Å². The van der Waals surface area contributed by atoms with Crippen LogP contribution in [-0.4, -0.2) is 23.0 Å². The minimum atomic E-state index is 0.631. The van der Waals surface area contributed by atoms with E-state index in [1.807, 2.05) is 29.8 Å². The second kappa shape index (κ2) is 5.51. The minimum Gasteiger partial charge on any atom is -0.490 e. The lowest BCUT2D eigenvalue weighted by molar-refractivity contribution is 0.297. The summed E-state index contributed by atoms with van der Waals surface area (Å²) in [4.78, 5) is 0. The lowest BCUT2D eigenvalue weighted by atomic mass is 10.2. The van der Waals surface area contributed by atoms with Crippen molar-refractivity contribution < 1.29 is 9.47 Å². The lowest BCUT2D eigenvalue weighted by Gasteiger charge is -2.10. The highest BCUT2D eigenvalue weighted by Crippen LogP contribution is 2.31. The van der Waals surface area contributed by atoms with Crippen LogP contribution in [0.1, 0.15) is 17.7 Å². The SMILES string of the molecule is Cc1nn(Cc2ccc3c(c2)OCCCO3)c(N)c1I. The fraction of sp³-hybridized carbons (Fsp3) is 0.357. The lowest BCUT2D eigenvalue weighted by Crippen LogP contribution is -2.06. The molecule has 2 heterocycles. The quantitative estimate of drug-likeness (QED) is 0.808. The normalized spacial score (nSPS) is 14.1. The molecule has 0 saturated heterocycles. The first-order valence-electron chi connectivity index (χ1n) is 6.52. The van der Waals surface area contributed by atoms with Gasteiger partial charge in [0.2, 0.25) is 0 Å². The van der Waals surface area contributed by atoms with Gasteiger partial charge >= 0.3 is 0 Å². The molecule has 0 spiro atoms. The van der Waals surface area contributed by atoms with Gasteiger partial charge in [0.05, 0.1) is 29.0 Å². The number of nitrogens with two attached hydrogens (primary N) is 1. The standard InChI is InChI=1S/C14H16IN3O2/c1-9-13(15)14(16)18(17-9)8-10-3-4-11-12(7-10)20-6-2-5-19-11/h3-4,7H,2,5-6,8,16H2,1H3. The first kappa shape index (κ1) is 13.5. The number of rotatable bonds is 2. The molecule has 20 heavy (non-hydrogen) atoms. The fourth-order valence-corrected chi connectivity index (χ4v) is 2.56. The molecule has 0 fully saturated rings. The molecular formula is C14H16IN3O2. The number of hydrogen-bond donors (Lipinski definition) is 1. The third-order valence-corrected chi connectivity index (χ3v) is 4.57. The third-order valence-electron chi connectivity index (χ3n) is 3.24. The highest BCUT2D eigenvalue weighted by atomic mass is 127. The number of aromatic nitrogens is 2. The molecule has 0 radical (unpaired) electrons. The Kier molecular flexibility index (Phi) is 3.73. The van der Waals surface area contributed by atoms with Crippen molar-refractivity contribution >= 4 is 28.4 Å². The smallest absolute Gasteiger partial charge is 0.161 e. The van der Waals surface area contributed by atoms with Gasteiger partial charge in [0, 0.05) is 6.42 Å². The number of halogens is 1. The first-order valence-corrected chi connectivity index (χ1v) is 7.60. The summed E-state index contributed by atoms with van der Waals surface area (Å²) in [6, 6.07) is 5.98. The Morgan fingerprint density at radius 3 is 2.75 bits per heavy atom. The van der Waals surface area contributed by atoms with Gasteiger partial charge in [0.1, 0.15) is 5.82 Å². The van der Waals surface area contributed by atoms with E-state index in [-0.39, 0.29) is 0 Å². The summed E-state index contributed by atoms with van der Waals surface area (Å²) >= 11 is 2.22. The number of fused-ring (bicyclic) bond motifs is 1. The van der Waals surface area contributed by atoms with Crippen LogP contribution in [0.3, 0.4) is 0 Å². The number of ether oxygens (including phenoxy) is 2. The van der Waals surface area contributed by atoms with Crippen LogP contribution in [0.25, 0.3) is 0 Å². The van der Waals surface area contributed by atoms with Gasteiger partial charge in [-0.2, -0.15) is 5.10 Å². The van der Waals surface area contributed by atoms with Gasteiger partial charge in [-0.25, -0.2) is 4.68 Å². The second-order valence-corrected chi connectivity index (χ2v) is 5.85. The number of anilines is 1. The van der Waals surface area contributed by atoms with Gasteiger partial charge in [-0.15, -0.1) is 0 Å². The van der Waals surface area contributed by atoms with Crippen LogP contribution in [0.2, 0.25) is 0 Å². The molecule has 0 atom stereocenters. The molecule has 0 amide bonds. The van der Waals surface area contributed by atoms with Crippen LogP contribution in [0.4, 0.5) is 5.82 Å². The van der Waals surface area contributed by atoms with Crippen molar-refractivity contribution in [2.24, 2.45) is 0 Å². The van der Waals surface area contributed by atoms with Gasteiger partial charge in [-0.05, 0) is 47.2 Å². The zero-order chi connectivity index (χ0) is 14.1. The summed E-state index contributed by atoms with van der Waals surface area (Å²) in [6.07, 6.45) is 0.910. The van der Waals surface area contributed by atoms with Crippen molar-refractivity contribution in [2.75, 3.05) is 18.9 Å². The summed E-state index contributed by atoms with van der Waals surface area (Å²) in [5.74, 6) is 2.32. The van der Waals surface area contributed by atoms with Crippen molar-refractivity contribution in [3.8, 4) is 11.5 Å². The van der Waals surface area contributed by atoms with E-state index in [9.17, 15) is 0 Å². The highest BCUT2D eigenvalue weighted by molar-refractivity contribution is 14.1. The topological polar surface area (TPSA) is 62.3 Å². The third kappa shape index (κ3) is 2.56. The molecule has 1 aromatic heterocycles. The van der Waals surface area contributed by atoms with Crippen LogP contribution in [0.15, 0.2) is 18.2 Å². The van der Waals surface area contributed by atoms with Crippen molar-refractivity contribution in [1.82, 2.24) is 9.78 Å². The van der Waals surface area contributed by atoms with Crippen molar-refractivity contribution in [1.29, 1.82) is 0 Å². The molecule has 2 aromatic rings. The van der Waals surface area contributed by atoms with Gasteiger partial charge in [-0.1, -0.05) is 6.07 Å². The molecule has 1 aromatic carbocycles.